The Morgan fingerprint density at radius 2 is 1.48 bits per heavy atom. The van der Waals surface area contributed by atoms with Crippen molar-refractivity contribution in [1.82, 2.24) is 0 Å². The van der Waals surface area contributed by atoms with E-state index >= 15 is 0 Å². The van der Waals surface area contributed by atoms with E-state index in [1.54, 1.807) is 12.1 Å². The van der Waals surface area contributed by atoms with Crippen molar-refractivity contribution >= 4 is 6.29 Å². The van der Waals surface area contributed by atoms with Gasteiger partial charge >= 0.3 is 0 Å². The molecule has 2 aromatic carbocycles. The molecule has 0 saturated heterocycles. The molecule has 0 atom stereocenters. The predicted octanol–water partition coefficient (Wildman–Crippen LogP) is 4.08. The monoisotopic (exact) mass is 284 g/mol. The summed E-state index contributed by atoms with van der Waals surface area (Å²) in [6.07, 6.45) is 0.796. The van der Waals surface area contributed by atoms with Crippen LogP contribution in [0.5, 0.6) is 11.5 Å². The molecule has 0 aromatic heterocycles. The van der Waals surface area contributed by atoms with Gasteiger partial charge in [-0.1, -0.05) is 44.2 Å². The maximum atomic E-state index is 10.9. The van der Waals surface area contributed by atoms with E-state index in [0.29, 0.717) is 30.4 Å². The smallest absolute Gasteiger partial charge is 0.153 e. The highest BCUT2D eigenvalue weighted by Crippen LogP contribution is 2.25. The van der Waals surface area contributed by atoms with E-state index in [9.17, 15) is 4.79 Å². The maximum absolute atomic E-state index is 10.9. The lowest BCUT2D eigenvalue weighted by Gasteiger charge is -2.14. The van der Waals surface area contributed by atoms with E-state index < -0.39 is 0 Å². The molecule has 0 aliphatic rings. The van der Waals surface area contributed by atoms with Crippen LogP contribution in [0.1, 0.15) is 35.7 Å². The Morgan fingerprint density at radius 1 is 0.905 bits per heavy atom. The Bertz CT molecular complexity index is 591. The Balaban J connectivity index is 1.89. The lowest BCUT2D eigenvalue weighted by molar-refractivity contribution is 0.111. The number of para-hydroxylation sites is 2. The first-order valence-corrected chi connectivity index (χ1v) is 7.11. The van der Waals surface area contributed by atoms with Crippen LogP contribution in [0.2, 0.25) is 0 Å². The van der Waals surface area contributed by atoms with E-state index in [2.05, 4.69) is 19.9 Å². The van der Waals surface area contributed by atoms with Gasteiger partial charge in [-0.05, 0) is 29.7 Å². The lowest BCUT2D eigenvalue weighted by atomic mass is 10.0. The zero-order chi connectivity index (χ0) is 15.1. The second-order valence-corrected chi connectivity index (χ2v) is 5.05. The predicted molar refractivity (Wildman–Crippen MR) is 83.4 cm³/mol. The van der Waals surface area contributed by atoms with Crippen molar-refractivity contribution in [1.29, 1.82) is 0 Å². The summed E-state index contributed by atoms with van der Waals surface area (Å²) in [7, 11) is 0. The SMILES string of the molecule is CC(C)c1ccccc1OCCOc1ccccc1C=O. The number of hydrogen-bond acceptors (Lipinski definition) is 3. The second-order valence-electron chi connectivity index (χ2n) is 5.05. The third kappa shape index (κ3) is 4.09. The maximum Gasteiger partial charge on any atom is 0.153 e. The zero-order valence-electron chi connectivity index (χ0n) is 12.4. The molecule has 2 rings (SSSR count). The fraction of sp³-hybridized carbons (Fsp3) is 0.278. The van der Waals surface area contributed by atoms with Crippen molar-refractivity contribution in [2.45, 2.75) is 19.8 Å². The summed E-state index contributed by atoms with van der Waals surface area (Å²) in [4.78, 5) is 10.9. The third-order valence-electron chi connectivity index (χ3n) is 3.19. The molecule has 0 spiro atoms. The van der Waals surface area contributed by atoms with Crippen molar-refractivity contribution in [3.05, 3.63) is 59.7 Å². The van der Waals surface area contributed by atoms with E-state index in [0.717, 1.165) is 12.0 Å². The average Bonchev–Trinajstić information content (AvgIpc) is 2.52. The Labute approximate surface area is 125 Å². The molecule has 0 unspecified atom stereocenters. The molecule has 21 heavy (non-hydrogen) atoms. The molecule has 0 amide bonds. The highest BCUT2D eigenvalue weighted by atomic mass is 16.5. The van der Waals surface area contributed by atoms with Gasteiger partial charge in [-0.2, -0.15) is 0 Å². The third-order valence-corrected chi connectivity index (χ3v) is 3.19. The highest BCUT2D eigenvalue weighted by Gasteiger charge is 2.07. The minimum Gasteiger partial charge on any atom is -0.490 e. The van der Waals surface area contributed by atoms with Gasteiger partial charge in [0.15, 0.2) is 6.29 Å². The van der Waals surface area contributed by atoms with Crippen LogP contribution >= 0.6 is 0 Å². The van der Waals surface area contributed by atoms with Crippen LogP contribution in [-0.4, -0.2) is 19.5 Å². The van der Waals surface area contributed by atoms with Crippen LogP contribution in [0.4, 0.5) is 0 Å². The highest BCUT2D eigenvalue weighted by molar-refractivity contribution is 5.79. The first kappa shape index (κ1) is 15.1. The summed E-state index contributed by atoms with van der Waals surface area (Å²) in [6, 6.07) is 15.2. The van der Waals surface area contributed by atoms with Gasteiger partial charge in [0.05, 0.1) is 5.56 Å². The molecule has 0 heterocycles. The molecular weight excluding hydrogens is 264 g/mol. The van der Waals surface area contributed by atoms with E-state index in [-0.39, 0.29) is 0 Å². The molecule has 0 bridgehead atoms. The molecule has 0 saturated carbocycles. The number of hydrogen-bond donors (Lipinski definition) is 0. The number of carbonyl (C=O) groups is 1. The summed E-state index contributed by atoms with van der Waals surface area (Å²) < 4.78 is 11.4. The molecule has 0 fully saturated rings. The molecule has 0 radical (unpaired) electrons. The van der Waals surface area contributed by atoms with Gasteiger partial charge in [0, 0.05) is 0 Å². The normalized spacial score (nSPS) is 10.4. The summed E-state index contributed by atoms with van der Waals surface area (Å²) in [5.41, 5.74) is 1.74. The number of benzene rings is 2. The lowest BCUT2D eigenvalue weighted by Crippen LogP contribution is -2.11. The Morgan fingerprint density at radius 3 is 2.14 bits per heavy atom. The molecular formula is C18H20O3. The van der Waals surface area contributed by atoms with Crippen molar-refractivity contribution in [3.8, 4) is 11.5 Å². The van der Waals surface area contributed by atoms with Crippen LogP contribution in [0.3, 0.4) is 0 Å². The summed E-state index contributed by atoms with van der Waals surface area (Å²) >= 11 is 0. The fourth-order valence-electron chi connectivity index (χ4n) is 2.10. The molecule has 0 aliphatic carbocycles. The van der Waals surface area contributed by atoms with Gasteiger partial charge in [-0.15, -0.1) is 0 Å². The Kier molecular flexibility index (Phi) is 5.38. The standard InChI is InChI=1S/C18H20O3/c1-14(2)16-8-4-6-10-18(16)21-12-11-20-17-9-5-3-7-15(17)13-19/h3-10,13-14H,11-12H2,1-2H3. The molecule has 2 aromatic rings. The van der Waals surface area contributed by atoms with Crippen molar-refractivity contribution in [3.63, 3.8) is 0 Å². The number of ether oxygens (including phenoxy) is 2. The van der Waals surface area contributed by atoms with Crippen LogP contribution in [0.25, 0.3) is 0 Å². The van der Waals surface area contributed by atoms with Crippen LogP contribution < -0.4 is 9.47 Å². The van der Waals surface area contributed by atoms with E-state index in [4.69, 9.17) is 9.47 Å². The second kappa shape index (κ2) is 7.48. The van der Waals surface area contributed by atoms with Gasteiger partial charge in [0.2, 0.25) is 0 Å². The van der Waals surface area contributed by atoms with Gasteiger partial charge in [-0.25, -0.2) is 0 Å². The molecule has 3 heteroatoms. The van der Waals surface area contributed by atoms with Gasteiger partial charge in [0.1, 0.15) is 24.7 Å². The fourth-order valence-corrected chi connectivity index (χ4v) is 2.10. The van der Waals surface area contributed by atoms with Crippen LogP contribution in [-0.2, 0) is 0 Å². The molecule has 110 valence electrons. The first-order chi connectivity index (χ1) is 10.2. The Hall–Kier alpha value is -2.29. The van der Waals surface area contributed by atoms with Gasteiger partial charge in [0.25, 0.3) is 0 Å². The van der Waals surface area contributed by atoms with E-state index in [1.807, 2.05) is 30.3 Å². The summed E-state index contributed by atoms with van der Waals surface area (Å²) in [6.45, 7) is 5.12. The number of aldehydes is 1. The zero-order valence-corrected chi connectivity index (χ0v) is 12.4. The molecule has 3 nitrogen and oxygen atoms in total. The first-order valence-electron chi connectivity index (χ1n) is 7.11. The number of rotatable bonds is 7. The largest absolute Gasteiger partial charge is 0.490 e. The van der Waals surface area contributed by atoms with Crippen LogP contribution in [0.15, 0.2) is 48.5 Å². The van der Waals surface area contributed by atoms with Crippen LogP contribution in [0, 0.1) is 0 Å². The topological polar surface area (TPSA) is 35.5 Å². The summed E-state index contributed by atoms with van der Waals surface area (Å²) in [5.74, 6) is 1.89. The van der Waals surface area contributed by atoms with Crippen molar-refractivity contribution in [2.75, 3.05) is 13.2 Å². The summed E-state index contributed by atoms with van der Waals surface area (Å²) in [5, 5.41) is 0. The molecule has 0 N–H and O–H groups in total. The van der Waals surface area contributed by atoms with E-state index in [1.165, 1.54) is 5.56 Å². The van der Waals surface area contributed by atoms with Crippen molar-refractivity contribution in [2.24, 2.45) is 0 Å². The molecule has 0 aliphatic heterocycles. The van der Waals surface area contributed by atoms with Gasteiger partial charge in [-0.3, -0.25) is 4.79 Å². The average molecular weight is 284 g/mol. The minimum absolute atomic E-state index is 0.400. The number of carbonyl (C=O) groups excluding carboxylic acids is 1. The minimum atomic E-state index is 0.400. The van der Waals surface area contributed by atoms with Gasteiger partial charge < -0.3 is 9.47 Å². The van der Waals surface area contributed by atoms with Crippen molar-refractivity contribution < 1.29 is 14.3 Å². The quantitative estimate of drug-likeness (QED) is 0.567.